The molecule has 0 aromatic rings. The molecule has 2 aliphatic carbocycles. The summed E-state index contributed by atoms with van der Waals surface area (Å²) in [5.74, 6) is 1.19. The van der Waals surface area contributed by atoms with E-state index in [4.69, 9.17) is 45.0 Å². The second-order valence-electron chi connectivity index (χ2n) is 5.67. The first-order valence-electron chi connectivity index (χ1n) is 6.35. The van der Waals surface area contributed by atoms with Crippen LogP contribution in [0.2, 0.25) is 0 Å². The van der Waals surface area contributed by atoms with Gasteiger partial charge in [-0.05, 0) is 42.6 Å². The van der Waals surface area contributed by atoms with Gasteiger partial charge in [-0.3, -0.25) is 4.79 Å². The predicted octanol–water partition coefficient (Wildman–Crippen LogP) is -5.70. The number of ketones is 1. The number of fused-ring (bicyclic) bond motifs is 2. The summed E-state index contributed by atoms with van der Waals surface area (Å²) in [6.07, 6.45) is -3.75. The third kappa shape index (κ3) is 11.5. The van der Waals surface area contributed by atoms with Gasteiger partial charge in [-0.15, -0.1) is 0 Å². The Labute approximate surface area is 182 Å². The number of carboxylic acid groups (broad SMARTS) is 6. The molecule has 4 radical (unpaired) electrons. The molecule has 2 atom stereocenters. The fraction of sp³-hybridized carbons (Fsp3) is 0.692. The molecule has 0 amide bonds. The average Bonchev–Trinajstić information content (AvgIpc) is 2.59. The van der Waals surface area contributed by atoms with Crippen molar-refractivity contribution in [3.8, 4) is 0 Å². The smallest absolute Gasteiger partial charge is 0.652 e. The molecule has 2 saturated carbocycles. The summed E-state index contributed by atoms with van der Waals surface area (Å²) in [6.45, 7) is 6.67. The van der Waals surface area contributed by atoms with Gasteiger partial charge < -0.3 is 45.0 Å². The Morgan fingerprint density at radius 1 is 0.840 bits per heavy atom. The van der Waals surface area contributed by atoms with Crippen LogP contribution >= 0.6 is 0 Å². The molecule has 0 spiro atoms. The Balaban J connectivity index is -0.000000135. The molecule has 0 aromatic heterocycles. The van der Waals surface area contributed by atoms with E-state index in [0.717, 1.165) is 12.8 Å². The molecule has 12 heteroatoms. The van der Waals surface area contributed by atoms with E-state index in [1.54, 1.807) is 0 Å². The Morgan fingerprint density at radius 3 is 1.20 bits per heavy atom. The van der Waals surface area contributed by atoms with Crippen LogP contribution in [0.3, 0.4) is 0 Å². The summed E-state index contributed by atoms with van der Waals surface area (Å²) >= 11 is 0. The van der Waals surface area contributed by atoms with E-state index in [9.17, 15) is 4.79 Å². The summed E-state index contributed by atoms with van der Waals surface area (Å²) in [4.78, 5) is 36.6. The van der Waals surface area contributed by atoms with Crippen LogP contribution in [0.15, 0.2) is 0 Å². The van der Waals surface area contributed by atoms with E-state index in [0.29, 0.717) is 11.7 Å². The molecule has 0 aliphatic heterocycles. The van der Waals surface area contributed by atoms with Crippen molar-refractivity contribution >= 4 is 76.7 Å². The Bertz CT molecular complexity index is 425. The molecule has 25 heavy (non-hydrogen) atoms. The molecule has 2 fully saturated rings. The number of hydrogen-bond donors (Lipinski definition) is 0. The van der Waals surface area contributed by atoms with E-state index in [1.807, 2.05) is 0 Å². The minimum atomic E-state index is -2.33. The molecule has 2 rings (SSSR count). The predicted molar refractivity (Wildman–Crippen MR) is 71.9 cm³/mol. The van der Waals surface area contributed by atoms with Crippen LogP contribution in [0.5, 0.6) is 0 Å². The van der Waals surface area contributed by atoms with Gasteiger partial charge in [0.15, 0.2) is 0 Å². The quantitative estimate of drug-likeness (QED) is 0.215. The molecule has 0 aromatic carbocycles. The zero-order chi connectivity index (χ0) is 19.0. The van der Waals surface area contributed by atoms with Crippen LogP contribution in [0.25, 0.3) is 0 Å². The normalized spacial score (nSPS) is 23.5. The van der Waals surface area contributed by atoms with Crippen molar-refractivity contribution in [3.05, 3.63) is 0 Å². The van der Waals surface area contributed by atoms with Crippen molar-refractivity contribution < 1.29 is 49.8 Å². The van der Waals surface area contributed by atoms with Gasteiger partial charge in [0.05, 0.1) is 0 Å². The van der Waals surface area contributed by atoms with Gasteiger partial charge in [-0.1, -0.05) is 20.8 Å². The van der Waals surface area contributed by atoms with E-state index in [2.05, 4.69) is 20.8 Å². The van der Waals surface area contributed by atoms with E-state index < -0.39 is 18.5 Å². The maximum atomic E-state index is 11.6. The molecule has 0 N–H and O–H groups in total. The summed E-state index contributed by atoms with van der Waals surface area (Å²) in [5, 5.41) is 50.0. The third-order valence-electron chi connectivity index (χ3n) is 4.48. The minimum Gasteiger partial charge on any atom is -0.652 e. The fourth-order valence-corrected chi connectivity index (χ4v) is 2.90. The summed E-state index contributed by atoms with van der Waals surface area (Å²) in [7, 11) is 0. The van der Waals surface area contributed by atoms with Crippen molar-refractivity contribution in [1.82, 2.24) is 0 Å². The Kier molecular flexibility index (Phi) is 17.2. The first kappa shape index (κ1) is 32.0. The standard InChI is InChI=1S/C10H16O.3CH2O3.2Bi/c1-9(2)7-4-5-10(9,3)8(11)6-7;3*2-1(3)4;;/h7H,4-6H2,1-3H3;3*(H2,2,3,4);;/q;;;;2*+3/p-6. The number of carbonyl (C=O) groups is 4. The zero-order valence-corrected chi connectivity index (χ0v) is 20.6. The molecular weight excluding hydrogens is 734 g/mol. The zero-order valence-electron chi connectivity index (χ0n) is 13.7. The van der Waals surface area contributed by atoms with Gasteiger partial charge in [0.1, 0.15) is 5.78 Å². The van der Waals surface area contributed by atoms with Gasteiger partial charge in [-0.25, -0.2) is 0 Å². The van der Waals surface area contributed by atoms with Crippen molar-refractivity contribution in [3.63, 3.8) is 0 Å². The van der Waals surface area contributed by atoms with Crippen molar-refractivity contribution in [2.75, 3.05) is 0 Å². The maximum absolute atomic E-state index is 11.6. The third-order valence-corrected chi connectivity index (χ3v) is 4.48. The van der Waals surface area contributed by atoms with Crippen molar-refractivity contribution in [2.24, 2.45) is 16.7 Å². The molecule has 138 valence electrons. The maximum Gasteiger partial charge on any atom is 3.00 e. The Hall–Kier alpha value is -0.754. The summed E-state index contributed by atoms with van der Waals surface area (Å²) in [6, 6.07) is 0. The molecule has 2 aliphatic rings. The van der Waals surface area contributed by atoms with E-state index >= 15 is 0 Å². The SMILES string of the molecule is CC12CCC(CC1=O)C2(C)C.O=C([O-])[O-].O=C([O-])[O-].O=C([O-])[O-].[Bi+3].[Bi+3]. The van der Waals surface area contributed by atoms with E-state index in [1.165, 1.54) is 6.42 Å². The number of rotatable bonds is 0. The van der Waals surface area contributed by atoms with Gasteiger partial charge in [0.25, 0.3) is 0 Å². The monoisotopic (exact) mass is 750 g/mol. The first-order valence-corrected chi connectivity index (χ1v) is 6.35. The van der Waals surface area contributed by atoms with Crippen LogP contribution in [0.1, 0.15) is 40.0 Å². The van der Waals surface area contributed by atoms with Crippen LogP contribution in [-0.2, 0) is 4.79 Å². The molecule has 2 unspecified atom stereocenters. The summed E-state index contributed by atoms with van der Waals surface area (Å²) < 4.78 is 0. The minimum absolute atomic E-state index is 0. The number of carbonyl (C=O) groups excluding carboxylic acids is 4. The number of hydrogen-bond acceptors (Lipinski definition) is 10. The van der Waals surface area contributed by atoms with Gasteiger partial charge in [-0.2, -0.15) is 0 Å². The van der Waals surface area contributed by atoms with Gasteiger partial charge >= 0.3 is 52.4 Å². The van der Waals surface area contributed by atoms with E-state index in [-0.39, 0.29) is 63.2 Å². The van der Waals surface area contributed by atoms with Gasteiger partial charge in [0.2, 0.25) is 0 Å². The van der Waals surface area contributed by atoms with Gasteiger partial charge in [0, 0.05) is 11.8 Å². The van der Waals surface area contributed by atoms with Crippen LogP contribution < -0.4 is 30.6 Å². The van der Waals surface area contributed by atoms with Crippen LogP contribution in [0, 0.1) is 16.7 Å². The topological polar surface area (TPSA) is 207 Å². The molecule has 0 heterocycles. The molecular formula is C13H16Bi2O10. The first-order chi connectivity index (χ1) is 10.2. The Morgan fingerprint density at radius 2 is 1.12 bits per heavy atom. The van der Waals surface area contributed by atoms with Crippen molar-refractivity contribution in [1.29, 1.82) is 0 Å². The molecule has 10 nitrogen and oxygen atoms in total. The summed E-state index contributed by atoms with van der Waals surface area (Å²) in [5.41, 5.74) is 0.307. The fourth-order valence-electron chi connectivity index (χ4n) is 2.90. The molecule has 0 saturated heterocycles. The average molecular weight is 750 g/mol. The van der Waals surface area contributed by atoms with Crippen molar-refractivity contribution in [2.45, 2.75) is 40.0 Å². The largest absolute Gasteiger partial charge is 3.00 e. The molecule has 2 bridgehead atoms. The second-order valence-corrected chi connectivity index (χ2v) is 5.67. The van der Waals surface area contributed by atoms with Crippen LogP contribution in [0.4, 0.5) is 14.4 Å². The number of Topliss-reactive ketones (excluding diaryl/α,β-unsaturated/α-hetero) is 1. The van der Waals surface area contributed by atoms with Crippen LogP contribution in [-0.4, -0.2) is 76.7 Å². The second kappa shape index (κ2) is 13.5.